The Morgan fingerprint density at radius 3 is 2.63 bits per heavy atom. The molecule has 2 aliphatic heterocycles. The lowest BCUT2D eigenvalue weighted by atomic mass is 9.63. The number of ketones is 1. The lowest BCUT2D eigenvalue weighted by molar-refractivity contribution is -0.128. The Labute approximate surface area is 157 Å². The van der Waals surface area contributed by atoms with Gasteiger partial charge in [0.1, 0.15) is 17.3 Å². The maximum atomic E-state index is 13.5. The topological polar surface area (TPSA) is 46.6 Å². The van der Waals surface area contributed by atoms with Gasteiger partial charge in [0.25, 0.3) is 5.91 Å². The van der Waals surface area contributed by atoms with Crippen molar-refractivity contribution in [2.45, 2.75) is 24.7 Å². The Kier molecular flexibility index (Phi) is 2.87. The van der Waals surface area contributed by atoms with Crippen LogP contribution in [0.2, 0.25) is 0 Å². The average molecular weight is 357 g/mol. The molecule has 4 aliphatic rings. The molecule has 1 spiro atoms. The van der Waals surface area contributed by atoms with Crippen molar-refractivity contribution in [1.82, 2.24) is 0 Å². The van der Waals surface area contributed by atoms with Crippen molar-refractivity contribution >= 4 is 17.4 Å². The monoisotopic (exact) mass is 357 g/mol. The fraction of sp³-hybridized carbons (Fsp3) is 0.304. The van der Waals surface area contributed by atoms with Crippen molar-refractivity contribution in [1.29, 1.82) is 0 Å². The van der Waals surface area contributed by atoms with E-state index in [4.69, 9.17) is 4.74 Å². The lowest BCUT2D eigenvalue weighted by Gasteiger charge is -2.37. The van der Waals surface area contributed by atoms with Gasteiger partial charge in [-0.25, -0.2) is 0 Å². The summed E-state index contributed by atoms with van der Waals surface area (Å²) in [6.45, 7) is 0.423. The first-order valence-electron chi connectivity index (χ1n) is 9.64. The standard InChI is InChI=1S/C23H19NO3/c25-20-15-13-24(14-7-2-1-3-8-14)22(26)19(15)21-23(12-6-10-17(20)23)16-9-4-5-11-18(16)27-21/h1-5,7-9,11,15,17H,6,10,12-13H2/t15?,17-,23+/m0/s1. The summed E-state index contributed by atoms with van der Waals surface area (Å²) in [7, 11) is 0. The molecule has 1 saturated heterocycles. The molecule has 0 radical (unpaired) electrons. The van der Waals surface area contributed by atoms with Gasteiger partial charge in [-0.2, -0.15) is 0 Å². The van der Waals surface area contributed by atoms with Gasteiger partial charge >= 0.3 is 0 Å². The van der Waals surface area contributed by atoms with E-state index in [0.29, 0.717) is 12.1 Å². The van der Waals surface area contributed by atoms with Gasteiger partial charge in [-0.15, -0.1) is 0 Å². The number of hydrogen-bond donors (Lipinski definition) is 0. The summed E-state index contributed by atoms with van der Waals surface area (Å²) in [6.07, 6.45) is 2.75. The van der Waals surface area contributed by atoms with E-state index < -0.39 is 5.41 Å². The third-order valence-corrected chi connectivity index (χ3v) is 6.83. The summed E-state index contributed by atoms with van der Waals surface area (Å²) in [5.41, 5.74) is 2.10. The fourth-order valence-corrected chi connectivity index (χ4v) is 5.74. The molecule has 2 heterocycles. The first-order chi connectivity index (χ1) is 13.2. The molecule has 2 aliphatic carbocycles. The Morgan fingerprint density at radius 1 is 1.00 bits per heavy atom. The number of fused-ring (bicyclic) bond motifs is 2. The zero-order chi connectivity index (χ0) is 18.2. The highest BCUT2D eigenvalue weighted by Crippen LogP contribution is 2.62. The second-order valence-corrected chi connectivity index (χ2v) is 7.96. The summed E-state index contributed by atoms with van der Waals surface area (Å²) in [5.74, 6) is 1.27. The number of hydrogen-bond acceptors (Lipinski definition) is 3. The summed E-state index contributed by atoms with van der Waals surface area (Å²) >= 11 is 0. The molecule has 2 aromatic rings. The molecule has 0 N–H and O–H groups in total. The number of allylic oxidation sites excluding steroid dienone is 1. The Balaban J connectivity index is 1.58. The number of carbonyl (C=O) groups is 2. The van der Waals surface area contributed by atoms with Crippen LogP contribution < -0.4 is 9.64 Å². The van der Waals surface area contributed by atoms with Crippen molar-refractivity contribution in [3.63, 3.8) is 0 Å². The molecule has 27 heavy (non-hydrogen) atoms. The Morgan fingerprint density at radius 2 is 1.78 bits per heavy atom. The third-order valence-electron chi connectivity index (χ3n) is 6.83. The van der Waals surface area contributed by atoms with Gasteiger partial charge < -0.3 is 9.64 Å². The molecule has 1 unspecified atom stereocenters. The van der Waals surface area contributed by atoms with Gasteiger partial charge in [0.15, 0.2) is 0 Å². The lowest BCUT2D eigenvalue weighted by Crippen LogP contribution is -2.44. The zero-order valence-corrected chi connectivity index (χ0v) is 14.9. The molecule has 134 valence electrons. The van der Waals surface area contributed by atoms with E-state index in [1.54, 1.807) is 4.90 Å². The minimum atomic E-state index is -0.429. The van der Waals surface area contributed by atoms with E-state index in [1.807, 2.05) is 48.5 Å². The summed E-state index contributed by atoms with van der Waals surface area (Å²) < 4.78 is 6.31. The van der Waals surface area contributed by atoms with E-state index in [0.717, 1.165) is 42.0 Å². The van der Waals surface area contributed by atoms with Gasteiger partial charge in [-0.3, -0.25) is 9.59 Å². The van der Waals surface area contributed by atoms with Crippen molar-refractivity contribution in [2.24, 2.45) is 11.8 Å². The molecule has 2 fully saturated rings. The molecule has 0 aromatic heterocycles. The van der Waals surface area contributed by atoms with Crippen molar-refractivity contribution in [2.75, 3.05) is 11.4 Å². The van der Waals surface area contributed by atoms with Crippen LogP contribution in [0, 0.1) is 11.8 Å². The van der Waals surface area contributed by atoms with Crippen LogP contribution in [0.3, 0.4) is 0 Å². The molecular weight excluding hydrogens is 338 g/mol. The number of ether oxygens (including phenoxy) is 1. The third kappa shape index (κ3) is 1.73. The number of anilines is 1. The van der Waals surface area contributed by atoms with Crippen LogP contribution in [0.4, 0.5) is 5.69 Å². The minimum absolute atomic E-state index is 0.0755. The van der Waals surface area contributed by atoms with Crippen molar-refractivity contribution in [3.8, 4) is 5.75 Å². The number of para-hydroxylation sites is 2. The van der Waals surface area contributed by atoms with Gasteiger partial charge in [-0.05, 0) is 31.0 Å². The van der Waals surface area contributed by atoms with Gasteiger partial charge in [-0.1, -0.05) is 42.8 Å². The van der Waals surface area contributed by atoms with Crippen LogP contribution in [0.15, 0.2) is 65.9 Å². The molecule has 0 bridgehead atoms. The highest BCUT2D eigenvalue weighted by Gasteiger charge is 2.64. The van der Waals surface area contributed by atoms with Crippen LogP contribution in [0.1, 0.15) is 24.8 Å². The van der Waals surface area contributed by atoms with Crippen LogP contribution in [-0.4, -0.2) is 18.2 Å². The molecule has 4 heteroatoms. The van der Waals surface area contributed by atoms with E-state index in [1.165, 1.54) is 0 Å². The van der Waals surface area contributed by atoms with Gasteiger partial charge in [0, 0.05) is 23.7 Å². The average Bonchev–Trinajstić information content (AvgIpc) is 3.38. The van der Waals surface area contributed by atoms with E-state index >= 15 is 0 Å². The molecular formula is C23H19NO3. The van der Waals surface area contributed by atoms with E-state index in [-0.39, 0.29) is 23.5 Å². The molecule has 1 amide bonds. The molecule has 1 saturated carbocycles. The second-order valence-electron chi connectivity index (χ2n) is 7.96. The van der Waals surface area contributed by atoms with Crippen LogP contribution in [0.5, 0.6) is 5.75 Å². The second kappa shape index (κ2) is 5.10. The summed E-state index contributed by atoms with van der Waals surface area (Å²) in [5, 5.41) is 0. The summed E-state index contributed by atoms with van der Waals surface area (Å²) in [4.78, 5) is 28.6. The molecule has 2 aromatic carbocycles. The van der Waals surface area contributed by atoms with Crippen molar-refractivity contribution in [3.05, 3.63) is 71.5 Å². The first kappa shape index (κ1) is 15.2. The number of nitrogens with zero attached hydrogens (tertiary/aromatic N) is 1. The smallest absolute Gasteiger partial charge is 0.258 e. The van der Waals surface area contributed by atoms with E-state index in [9.17, 15) is 9.59 Å². The number of rotatable bonds is 1. The molecule has 6 rings (SSSR count). The fourth-order valence-electron chi connectivity index (χ4n) is 5.74. The minimum Gasteiger partial charge on any atom is -0.460 e. The quantitative estimate of drug-likeness (QED) is 0.783. The number of amides is 1. The first-order valence-corrected chi connectivity index (χ1v) is 9.64. The van der Waals surface area contributed by atoms with Crippen LogP contribution in [0.25, 0.3) is 0 Å². The highest BCUT2D eigenvalue weighted by molar-refractivity contribution is 6.15. The van der Waals surface area contributed by atoms with Gasteiger partial charge in [0.05, 0.1) is 16.9 Å². The predicted octanol–water partition coefficient (Wildman–Crippen LogP) is 3.62. The maximum Gasteiger partial charge on any atom is 0.258 e. The Hall–Kier alpha value is -2.88. The van der Waals surface area contributed by atoms with Crippen LogP contribution >= 0.6 is 0 Å². The summed E-state index contributed by atoms with van der Waals surface area (Å²) in [6, 6.07) is 17.6. The largest absolute Gasteiger partial charge is 0.460 e. The van der Waals surface area contributed by atoms with Gasteiger partial charge in [0.2, 0.25) is 0 Å². The number of carbonyl (C=O) groups excluding carboxylic acids is 2. The SMILES string of the molecule is O=C1C2CN(c3ccccc3)C(=O)C2=C2Oc3ccccc3[C@@]23CCC[C@@H]13. The van der Waals surface area contributed by atoms with E-state index in [2.05, 4.69) is 6.07 Å². The number of benzene rings is 2. The predicted molar refractivity (Wildman–Crippen MR) is 100 cm³/mol. The normalized spacial score (nSPS) is 30.7. The number of Topliss-reactive ketones (excluding diaryl/α,β-unsaturated/α-hetero) is 1. The zero-order valence-electron chi connectivity index (χ0n) is 14.9. The highest BCUT2D eigenvalue weighted by atomic mass is 16.5. The molecule has 4 nitrogen and oxygen atoms in total. The van der Waals surface area contributed by atoms with Crippen LogP contribution in [-0.2, 0) is 15.0 Å². The molecule has 3 atom stereocenters. The van der Waals surface area contributed by atoms with Crippen molar-refractivity contribution < 1.29 is 14.3 Å². The maximum absolute atomic E-state index is 13.5. The Bertz CT molecular complexity index is 1020.